The molecule has 0 fully saturated rings. The largest absolute Gasteiger partial charge is 3.00 e. The number of phenols is 1. The van der Waals surface area contributed by atoms with Crippen LogP contribution in [-0.2, 0) is 26.2 Å². The van der Waals surface area contributed by atoms with Gasteiger partial charge in [0.25, 0.3) is 0 Å². The van der Waals surface area contributed by atoms with Crippen LogP contribution in [0.3, 0.4) is 0 Å². The Morgan fingerprint density at radius 3 is 0.690 bits per heavy atom. The summed E-state index contributed by atoms with van der Waals surface area (Å²) in [6, 6.07) is 38.3. The van der Waals surface area contributed by atoms with Gasteiger partial charge >= 0.3 is 26.2 Å². The molecule has 4 aromatic rings. The Hall–Kier alpha value is -2.83. The van der Waals surface area contributed by atoms with Crippen molar-refractivity contribution in [3.05, 3.63) is 159 Å². The van der Waals surface area contributed by atoms with Crippen molar-refractivity contribution in [3.63, 3.8) is 0 Å². The summed E-state index contributed by atoms with van der Waals surface area (Å²) in [7, 11) is 0. The standard InChI is InChI=1S/3C7H7.C6H6O.Zr/c3*1-7-5-3-2-4-6-7;7-6-4-2-1-3-5-6;/h3*2-6H,1H2;1-5,7H;/q3*-1;;+3. The molecule has 0 aliphatic heterocycles. The molecule has 0 heterocycles. The Labute approximate surface area is 195 Å². The van der Waals surface area contributed by atoms with Crippen molar-refractivity contribution in [2.45, 2.75) is 0 Å². The second kappa shape index (κ2) is 17.3. The zero-order chi connectivity index (χ0) is 20.5. The summed E-state index contributed by atoms with van der Waals surface area (Å²) >= 11 is 0. The van der Waals surface area contributed by atoms with Gasteiger partial charge in [-0.25, -0.2) is 0 Å². The topological polar surface area (TPSA) is 20.2 Å². The molecule has 0 spiro atoms. The molecule has 29 heavy (non-hydrogen) atoms. The molecule has 0 saturated heterocycles. The van der Waals surface area contributed by atoms with Crippen LogP contribution in [0.15, 0.2) is 121 Å². The van der Waals surface area contributed by atoms with Gasteiger partial charge in [-0.3, -0.25) is 0 Å². The average molecular weight is 459 g/mol. The third-order valence-electron chi connectivity index (χ3n) is 3.28. The van der Waals surface area contributed by atoms with Crippen LogP contribution in [0, 0.1) is 20.8 Å². The Bertz CT molecular complexity index is 682. The summed E-state index contributed by atoms with van der Waals surface area (Å²) in [5, 5.41) is 8.63. The molecule has 4 aromatic carbocycles. The number of rotatable bonds is 0. The second-order valence-corrected chi connectivity index (χ2v) is 5.79. The monoisotopic (exact) mass is 457 g/mol. The average Bonchev–Trinajstić information content (AvgIpc) is 2.72. The molecule has 1 nitrogen and oxygen atoms in total. The fraction of sp³-hybridized carbons (Fsp3) is 0. The summed E-state index contributed by atoms with van der Waals surface area (Å²) in [5.74, 6) is 0.322. The van der Waals surface area contributed by atoms with Crippen LogP contribution in [-0.4, -0.2) is 5.11 Å². The fourth-order valence-corrected chi connectivity index (χ4v) is 1.86. The first-order valence-corrected chi connectivity index (χ1v) is 8.93. The van der Waals surface area contributed by atoms with Crippen molar-refractivity contribution in [2.75, 3.05) is 0 Å². The maximum atomic E-state index is 8.63. The van der Waals surface area contributed by atoms with Gasteiger partial charge in [-0.05, 0) is 12.1 Å². The molecule has 0 unspecified atom stereocenters. The minimum absolute atomic E-state index is 0. The Morgan fingerprint density at radius 1 is 0.379 bits per heavy atom. The number of hydrogen-bond donors (Lipinski definition) is 1. The molecule has 2 heteroatoms. The first kappa shape index (κ1) is 26.2. The molecular weight excluding hydrogens is 432 g/mol. The van der Waals surface area contributed by atoms with Gasteiger partial charge in [0.05, 0.1) is 0 Å². The first-order valence-electron chi connectivity index (χ1n) is 8.93. The van der Waals surface area contributed by atoms with Crippen molar-refractivity contribution >= 4 is 0 Å². The molecule has 4 rings (SSSR count). The van der Waals surface area contributed by atoms with E-state index < -0.39 is 0 Å². The van der Waals surface area contributed by atoms with E-state index in [-0.39, 0.29) is 26.2 Å². The van der Waals surface area contributed by atoms with Crippen LogP contribution in [0.1, 0.15) is 16.7 Å². The van der Waals surface area contributed by atoms with Crippen molar-refractivity contribution in [1.82, 2.24) is 0 Å². The Kier molecular flexibility index (Phi) is 15.6. The first-order chi connectivity index (χ1) is 13.6. The SMILES string of the molecule is Oc1ccccc1.[CH2-]c1ccccc1.[CH2-]c1ccccc1.[CH2-]c1ccccc1.[Zr+3]. The molecule has 0 aliphatic carbocycles. The smallest absolute Gasteiger partial charge is 0.508 e. The van der Waals surface area contributed by atoms with E-state index in [1.807, 2.05) is 97.1 Å². The van der Waals surface area contributed by atoms with Gasteiger partial charge in [0.2, 0.25) is 0 Å². The molecule has 0 aliphatic rings. The van der Waals surface area contributed by atoms with Gasteiger partial charge in [-0.2, -0.15) is 73.9 Å². The summed E-state index contributed by atoms with van der Waals surface area (Å²) in [4.78, 5) is 0. The number of phenolic OH excluding ortho intramolecular Hbond substituents is 1. The zero-order valence-electron chi connectivity index (χ0n) is 16.6. The maximum Gasteiger partial charge on any atom is 3.00 e. The molecule has 0 bridgehead atoms. The van der Waals surface area contributed by atoms with E-state index in [0.29, 0.717) is 5.75 Å². The molecule has 0 saturated carbocycles. The molecule has 1 radical (unpaired) electrons. The molecule has 0 aromatic heterocycles. The van der Waals surface area contributed by atoms with Gasteiger partial charge in [0.1, 0.15) is 5.75 Å². The fourth-order valence-electron chi connectivity index (χ4n) is 1.86. The summed E-state index contributed by atoms with van der Waals surface area (Å²) in [5.41, 5.74) is 3.22. The van der Waals surface area contributed by atoms with Crippen LogP contribution in [0.2, 0.25) is 0 Å². The predicted octanol–water partition coefficient (Wildman–Crippen LogP) is 7.00. The van der Waals surface area contributed by atoms with Crippen molar-refractivity contribution < 1.29 is 31.3 Å². The van der Waals surface area contributed by atoms with Gasteiger partial charge in [-0.15, -0.1) is 36.4 Å². The van der Waals surface area contributed by atoms with Gasteiger partial charge < -0.3 is 5.11 Å². The van der Waals surface area contributed by atoms with Gasteiger partial charge in [0, 0.05) is 0 Å². The summed E-state index contributed by atoms with van der Waals surface area (Å²) < 4.78 is 0. The number of aromatic hydroxyl groups is 1. The number of para-hydroxylation sites is 1. The third kappa shape index (κ3) is 15.9. The van der Waals surface area contributed by atoms with E-state index in [4.69, 9.17) is 5.11 Å². The molecule has 1 N–H and O–H groups in total. The van der Waals surface area contributed by atoms with Crippen LogP contribution >= 0.6 is 0 Å². The minimum atomic E-state index is 0. The number of benzene rings is 4. The Balaban J connectivity index is 0.000000356. The second-order valence-electron chi connectivity index (χ2n) is 5.79. The van der Waals surface area contributed by atoms with E-state index in [9.17, 15) is 0 Å². The molecule has 0 amide bonds. The molecule has 145 valence electrons. The van der Waals surface area contributed by atoms with E-state index in [1.54, 1.807) is 24.3 Å². The van der Waals surface area contributed by atoms with E-state index in [2.05, 4.69) is 20.8 Å². The number of hydrogen-bond acceptors (Lipinski definition) is 1. The predicted molar refractivity (Wildman–Crippen MR) is 121 cm³/mol. The van der Waals surface area contributed by atoms with E-state index >= 15 is 0 Å². The molecular formula is C27H27OZr. The zero-order valence-corrected chi connectivity index (χ0v) is 19.1. The molecule has 0 atom stereocenters. The quantitative estimate of drug-likeness (QED) is 0.281. The van der Waals surface area contributed by atoms with Crippen molar-refractivity contribution in [2.24, 2.45) is 0 Å². The van der Waals surface area contributed by atoms with Crippen LogP contribution in [0.5, 0.6) is 5.75 Å². The van der Waals surface area contributed by atoms with Crippen LogP contribution < -0.4 is 0 Å². The van der Waals surface area contributed by atoms with E-state index in [1.165, 1.54) is 0 Å². The Morgan fingerprint density at radius 2 is 0.586 bits per heavy atom. The maximum absolute atomic E-state index is 8.63. The normalized spacial score (nSPS) is 8.28. The van der Waals surface area contributed by atoms with E-state index in [0.717, 1.165) is 16.7 Å². The summed E-state index contributed by atoms with van der Waals surface area (Å²) in [6.45, 7) is 11.2. The van der Waals surface area contributed by atoms with Crippen molar-refractivity contribution in [1.29, 1.82) is 0 Å². The van der Waals surface area contributed by atoms with Gasteiger partial charge in [0.15, 0.2) is 0 Å². The minimum Gasteiger partial charge on any atom is -0.508 e. The summed E-state index contributed by atoms with van der Waals surface area (Å²) in [6.07, 6.45) is 0. The third-order valence-corrected chi connectivity index (χ3v) is 3.28. The van der Waals surface area contributed by atoms with Gasteiger partial charge in [-0.1, -0.05) is 36.4 Å². The van der Waals surface area contributed by atoms with Crippen LogP contribution in [0.4, 0.5) is 0 Å². The van der Waals surface area contributed by atoms with Crippen LogP contribution in [0.25, 0.3) is 0 Å². The van der Waals surface area contributed by atoms with Crippen molar-refractivity contribution in [3.8, 4) is 5.75 Å².